The zero-order valence-electron chi connectivity index (χ0n) is 17.0. The number of rotatable bonds is 4. The summed E-state index contributed by atoms with van der Waals surface area (Å²) < 4.78 is 15.2. The Balaban J connectivity index is 1.37. The molecule has 4 heterocycles. The molecule has 0 amide bonds. The fourth-order valence-corrected chi connectivity index (χ4v) is 4.82. The molecule has 0 spiro atoms. The number of alkyl halides is 1. The van der Waals surface area contributed by atoms with Crippen LogP contribution in [0.15, 0.2) is 43.0 Å². The van der Waals surface area contributed by atoms with E-state index in [1.807, 2.05) is 31.0 Å². The van der Waals surface area contributed by atoms with Crippen LogP contribution < -0.4 is 10.2 Å². The molecule has 4 atom stereocenters. The lowest BCUT2D eigenvalue weighted by Crippen LogP contribution is -2.62. The van der Waals surface area contributed by atoms with E-state index in [1.54, 1.807) is 30.9 Å². The molecule has 2 saturated heterocycles. The van der Waals surface area contributed by atoms with Crippen molar-refractivity contribution in [3.63, 3.8) is 0 Å². The van der Waals surface area contributed by atoms with Gasteiger partial charge in [0, 0.05) is 36.0 Å². The topological polar surface area (TPSA) is 90.0 Å². The lowest BCUT2D eigenvalue weighted by atomic mass is 9.86. The normalized spacial score (nSPS) is 27.9. The van der Waals surface area contributed by atoms with Gasteiger partial charge in [0.15, 0.2) is 0 Å². The van der Waals surface area contributed by atoms with Gasteiger partial charge in [0.25, 0.3) is 0 Å². The Morgan fingerprint density at radius 2 is 2.07 bits per heavy atom. The molecule has 1 unspecified atom stereocenters. The van der Waals surface area contributed by atoms with Gasteiger partial charge in [-0.1, -0.05) is 6.07 Å². The standard InChI is InChI=1S/C22H25FN6O/c1-22-6-5-15(28-22)8-18(21(22)23)29(2)20-12-24-17(11-25-20)16-4-3-13(7-19(16)30)14-9-26-27-10-14/h3-4,7,9-12,15,18,21,28,30H,5-6,8H2,1-2H3,(H,26,27)/t15?,18-,21-,22+/m1/s1. The van der Waals surface area contributed by atoms with Crippen molar-refractivity contribution in [3.8, 4) is 28.1 Å². The highest BCUT2D eigenvalue weighted by molar-refractivity contribution is 5.73. The van der Waals surface area contributed by atoms with Gasteiger partial charge in [-0.3, -0.25) is 10.1 Å². The Bertz CT molecular complexity index is 1040. The maximum Gasteiger partial charge on any atom is 0.147 e. The number of H-pyrrole nitrogens is 1. The Morgan fingerprint density at radius 1 is 1.20 bits per heavy atom. The number of aromatic amines is 1. The Labute approximate surface area is 174 Å². The van der Waals surface area contributed by atoms with E-state index in [-0.39, 0.29) is 11.8 Å². The van der Waals surface area contributed by atoms with Crippen LogP contribution in [0.2, 0.25) is 0 Å². The highest BCUT2D eigenvalue weighted by Gasteiger charge is 2.51. The van der Waals surface area contributed by atoms with Crippen molar-refractivity contribution in [3.05, 3.63) is 43.0 Å². The quantitative estimate of drug-likeness (QED) is 0.614. The number of hydrogen-bond acceptors (Lipinski definition) is 6. The van der Waals surface area contributed by atoms with E-state index in [4.69, 9.17) is 0 Å². The first-order valence-electron chi connectivity index (χ1n) is 10.2. The summed E-state index contributed by atoms with van der Waals surface area (Å²) in [7, 11) is 1.88. The van der Waals surface area contributed by atoms with Crippen molar-refractivity contribution < 1.29 is 9.50 Å². The van der Waals surface area contributed by atoms with Crippen molar-refractivity contribution in [2.45, 2.75) is 50.0 Å². The number of phenols is 1. The minimum atomic E-state index is -0.970. The summed E-state index contributed by atoms with van der Waals surface area (Å²) in [6, 6.07) is 5.52. The van der Waals surface area contributed by atoms with Crippen LogP contribution in [-0.4, -0.2) is 56.1 Å². The number of nitrogens with one attached hydrogen (secondary N) is 2. The van der Waals surface area contributed by atoms with Crippen LogP contribution in [0.3, 0.4) is 0 Å². The van der Waals surface area contributed by atoms with Crippen LogP contribution in [0.5, 0.6) is 5.75 Å². The van der Waals surface area contributed by atoms with E-state index in [1.165, 1.54) is 0 Å². The van der Waals surface area contributed by atoms with E-state index >= 15 is 4.39 Å². The number of phenolic OH excluding ortho intramolecular Hbond substituents is 1. The molecule has 2 aromatic heterocycles. The minimum absolute atomic E-state index is 0.121. The molecule has 0 radical (unpaired) electrons. The highest BCUT2D eigenvalue weighted by atomic mass is 19.1. The van der Waals surface area contributed by atoms with Crippen LogP contribution in [0.4, 0.5) is 10.2 Å². The molecule has 2 aliphatic heterocycles. The third kappa shape index (κ3) is 3.11. The number of benzene rings is 1. The molecule has 30 heavy (non-hydrogen) atoms. The Hall–Kier alpha value is -3.00. The molecule has 156 valence electrons. The maximum atomic E-state index is 15.2. The number of nitrogens with zero attached hydrogens (tertiary/aromatic N) is 4. The maximum absolute atomic E-state index is 15.2. The van der Waals surface area contributed by atoms with Gasteiger partial charge in [0.1, 0.15) is 17.7 Å². The first kappa shape index (κ1) is 19.0. The average Bonchev–Trinajstić information content (AvgIpc) is 3.40. The summed E-state index contributed by atoms with van der Waals surface area (Å²) in [6.07, 6.45) is 8.41. The summed E-state index contributed by atoms with van der Waals surface area (Å²) in [6.45, 7) is 1.97. The fraction of sp³-hybridized carbons (Fsp3) is 0.409. The van der Waals surface area contributed by atoms with Gasteiger partial charge in [0.05, 0.1) is 30.3 Å². The van der Waals surface area contributed by atoms with Gasteiger partial charge in [-0.25, -0.2) is 9.37 Å². The van der Waals surface area contributed by atoms with Crippen LogP contribution >= 0.6 is 0 Å². The zero-order chi connectivity index (χ0) is 20.9. The van der Waals surface area contributed by atoms with E-state index < -0.39 is 11.7 Å². The van der Waals surface area contributed by atoms with Gasteiger partial charge >= 0.3 is 0 Å². The van der Waals surface area contributed by atoms with Gasteiger partial charge in [0.2, 0.25) is 0 Å². The van der Waals surface area contributed by atoms with Crippen molar-refractivity contribution in [2.24, 2.45) is 0 Å². The second kappa shape index (κ2) is 7.05. The van der Waals surface area contributed by atoms with Crippen molar-refractivity contribution in [1.29, 1.82) is 0 Å². The van der Waals surface area contributed by atoms with Crippen molar-refractivity contribution in [1.82, 2.24) is 25.5 Å². The molecule has 2 fully saturated rings. The second-order valence-corrected chi connectivity index (χ2v) is 8.59. The van der Waals surface area contributed by atoms with Gasteiger partial charge in [-0.05, 0) is 43.9 Å². The number of piperidine rings is 1. The van der Waals surface area contributed by atoms with Crippen molar-refractivity contribution >= 4 is 5.82 Å². The number of fused-ring (bicyclic) bond motifs is 2. The SMILES string of the molecule is CN(c1cnc(-c2ccc(-c3cn[nH]c3)cc2O)cn1)[C@@H]1CC2CC[C@](C)(N2)[C@@H]1F. The molecular weight excluding hydrogens is 383 g/mol. The third-order valence-electron chi connectivity index (χ3n) is 6.62. The highest BCUT2D eigenvalue weighted by Crippen LogP contribution is 2.40. The molecule has 3 N–H and O–H groups in total. The molecule has 8 heteroatoms. The van der Waals surface area contributed by atoms with E-state index in [9.17, 15) is 5.11 Å². The number of aromatic hydroxyl groups is 1. The van der Waals surface area contributed by atoms with Crippen LogP contribution in [0, 0.1) is 0 Å². The summed E-state index contributed by atoms with van der Waals surface area (Å²) in [5.41, 5.74) is 2.46. The smallest absolute Gasteiger partial charge is 0.147 e. The van der Waals surface area contributed by atoms with E-state index in [0.717, 1.165) is 30.4 Å². The van der Waals surface area contributed by atoms with Crippen LogP contribution in [-0.2, 0) is 0 Å². The average molecular weight is 408 g/mol. The molecular formula is C22H25FN6O. The van der Waals surface area contributed by atoms with Gasteiger partial charge in [-0.15, -0.1) is 0 Å². The van der Waals surface area contributed by atoms with Crippen LogP contribution in [0.25, 0.3) is 22.4 Å². The predicted octanol–water partition coefficient (Wildman–Crippen LogP) is 3.30. The molecule has 0 aliphatic carbocycles. The lowest BCUT2D eigenvalue weighted by Gasteiger charge is -2.44. The molecule has 3 aromatic rings. The fourth-order valence-electron chi connectivity index (χ4n) is 4.82. The largest absolute Gasteiger partial charge is 0.507 e. The van der Waals surface area contributed by atoms with Crippen LogP contribution in [0.1, 0.15) is 26.2 Å². The van der Waals surface area contributed by atoms with Gasteiger partial charge < -0.3 is 15.3 Å². The van der Waals surface area contributed by atoms with E-state index in [2.05, 4.69) is 25.5 Å². The third-order valence-corrected chi connectivity index (χ3v) is 6.62. The minimum Gasteiger partial charge on any atom is -0.507 e. The number of hydrogen-bond donors (Lipinski definition) is 3. The molecule has 7 nitrogen and oxygen atoms in total. The first-order chi connectivity index (χ1) is 14.4. The van der Waals surface area contributed by atoms with E-state index in [0.29, 0.717) is 23.1 Å². The monoisotopic (exact) mass is 408 g/mol. The molecule has 5 rings (SSSR count). The zero-order valence-corrected chi connectivity index (χ0v) is 17.0. The number of halogens is 1. The predicted molar refractivity (Wildman–Crippen MR) is 113 cm³/mol. The Kier molecular flexibility index (Phi) is 4.47. The lowest BCUT2D eigenvalue weighted by molar-refractivity contribution is 0.111. The molecule has 2 bridgehead atoms. The van der Waals surface area contributed by atoms with Crippen molar-refractivity contribution in [2.75, 3.05) is 11.9 Å². The number of anilines is 1. The summed E-state index contributed by atoms with van der Waals surface area (Å²) >= 11 is 0. The van der Waals surface area contributed by atoms with Gasteiger partial charge in [-0.2, -0.15) is 5.10 Å². The second-order valence-electron chi connectivity index (χ2n) is 8.59. The summed E-state index contributed by atoms with van der Waals surface area (Å²) in [5.74, 6) is 0.751. The molecule has 1 aromatic carbocycles. The summed E-state index contributed by atoms with van der Waals surface area (Å²) in [4.78, 5) is 10.9. The number of aromatic nitrogens is 4. The summed E-state index contributed by atoms with van der Waals surface area (Å²) in [5, 5.41) is 20.6. The first-order valence-corrected chi connectivity index (χ1v) is 10.2. The molecule has 2 aliphatic rings. The Morgan fingerprint density at radius 3 is 2.77 bits per heavy atom. The molecule has 0 saturated carbocycles.